The van der Waals surface area contributed by atoms with E-state index < -0.39 is 40.5 Å². The van der Waals surface area contributed by atoms with Gasteiger partial charge in [0.1, 0.15) is 17.6 Å². The zero-order valence-corrected chi connectivity index (χ0v) is 16.4. The van der Waals surface area contributed by atoms with Crippen molar-refractivity contribution < 1.29 is 18.7 Å². The molecule has 1 saturated carbocycles. The fourth-order valence-corrected chi connectivity index (χ4v) is 4.92. The Bertz CT molecular complexity index is 1220. The molecule has 0 spiro atoms. The maximum atomic E-state index is 15.2. The number of hydrogen-bond acceptors (Lipinski definition) is 4. The summed E-state index contributed by atoms with van der Waals surface area (Å²) in [5.74, 6) is -2.25. The number of anilines is 1. The smallest absolute Gasteiger partial charge is 0.341 e. The lowest BCUT2D eigenvalue weighted by atomic mass is 9.85. The van der Waals surface area contributed by atoms with Crippen molar-refractivity contribution in [1.29, 1.82) is 0 Å². The van der Waals surface area contributed by atoms with Gasteiger partial charge in [0, 0.05) is 31.6 Å². The summed E-state index contributed by atoms with van der Waals surface area (Å²) in [4.78, 5) is 25.9. The van der Waals surface area contributed by atoms with Gasteiger partial charge in [0.15, 0.2) is 0 Å². The van der Waals surface area contributed by atoms with Crippen molar-refractivity contribution in [3.05, 3.63) is 63.2 Å². The predicted molar refractivity (Wildman–Crippen MR) is 110 cm³/mol. The van der Waals surface area contributed by atoms with Crippen molar-refractivity contribution >= 4 is 34.2 Å². The van der Waals surface area contributed by atoms with Gasteiger partial charge in [-0.15, -0.1) is 0 Å². The highest BCUT2D eigenvalue weighted by atomic mass is 35.5. The Morgan fingerprint density at radius 1 is 1.37 bits per heavy atom. The molecule has 2 fully saturated rings. The lowest BCUT2D eigenvalue weighted by Gasteiger charge is -2.27. The Morgan fingerprint density at radius 3 is 2.73 bits per heavy atom. The van der Waals surface area contributed by atoms with Crippen LogP contribution in [0.2, 0.25) is 5.02 Å². The second kappa shape index (κ2) is 6.39. The number of allylic oxidation sites excluding steroid dienone is 2. The van der Waals surface area contributed by atoms with E-state index in [2.05, 4.69) is 0 Å². The first-order chi connectivity index (χ1) is 14.2. The summed E-state index contributed by atoms with van der Waals surface area (Å²) in [6.45, 7) is 0.735. The van der Waals surface area contributed by atoms with Crippen LogP contribution in [-0.2, 0) is 0 Å². The van der Waals surface area contributed by atoms with Gasteiger partial charge in [-0.3, -0.25) is 4.79 Å². The van der Waals surface area contributed by atoms with E-state index >= 15 is 4.39 Å². The summed E-state index contributed by atoms with van der Waals surface area (Å²) in [5, 5.41) is 9.13. The number of pyridine rings is 1. The molecule has 30 heavy (non-hydrogen) atoms. The van der Waals surface area contributed by atoms with Crippen LogP contribution >= 0.6 is 11.6 Å². The van der Waals surface area contributed by atoms with E-state index in [1.54, 1.807) is 4.90 Å². The molecule has 3 aliphatic rings. The summed E-state index contributed by atoms with van der Waals surface area (Å²) in [6, 6.07) is 0.351. The molecule has 0 bridgehead atoms. The lowest BCUT2D eigenvalue weighted by molar-refractivity contribution is 0.0694. The molecule has 1 aromatic heterocycles. The number of rotatable bonds is 3. The number of nitrogens with zero attached hydrogens (tertiary/aromatic N) is 2. The van der Waals surface area contributed by atoms with E-state index in [1.165, 1.54) is 4.57 Å². The van der Waals surface area contributed by atoms with Gasteiger partial charge in [-0.05, 0) is 6.07 Å². The summed E-state index contributed by atoms with van der Waals surface area (Å²) in [6.07, 6.45) is 7.66. The minimum Gasteiger partial charge on any atom is -0.477 e. The van der Waals surface area contributed by atoms with E-state index in [1.807, 2.05) is 24.3 Å². The molecule has 6 nitrogen and oxygen atoms in total. The topological polar surface area (TPSA) is 88.6 Å². The van der Waals surface area contributed by atoms with Gasteiger partial charge in [-0.1, -0.05) is 35.9 Å². The third kappa shape index (κ3) is 2.70. The van der Waals surface area contributed by atoms with Crippen molar-refractivity contribution in [2.75, 3.05) is 18.0 Å². The first-order valence-electron chi connectivity index (χ1n) is 9.55. The van der Waals surface area contributed by atoms with Crippen molar-refractivity contribution in [3.63, 3.8) is 0 Å². The number of hydrogen-bond donors (Lipinski definition) is 2. The molecule has 1 aromatic carbocycles. The first-order valence-corrected chi connectivity index (χ1v) is 9.93. The summed E-state index contributed by atoms with van der Waals surface area (Å²) < 4.78 is 30.4. The van der Waals surface area contributed by atoms with E-state index in [-0.39, 0.29) is 34.0 Å². The second-order valence-corrected chi connectivity index (χ2v) is 8.54. The Labute approximate surface area is 174 Å². The van der Waals surface area contributed by atoms with Crippen molar-refractivity contribution in [3.8, 4) is 0 Å². The highest BCUT2D eigenvalue weighted by Crippen LogP contribution is 2.45. The zero-order valence-electron chi connectivity index (χ0n) is 15.7. The largest absolute Gasteiger partial charge is 0.477 e. The molecular formula is C21H18ClF2N3O3. The monoisotopic (exact) mass is 433 g/mol. The minimum atomic E-state index is -1.46. The third-order valence-corrected chi connectivity index (χ3v) is 6.56. The van der Waals surface area contributed by atoms with Crippen molar-refractivity contribution in [2.45, 2.75) is 24.2 Å². The average Bonchev–Trinajstić information content (AvgIpc) is 3.29. The van der Waals surface area contributed by atoms with Gasteiger partial charge in [-0.25, -0.2) is 13.6 Å². The van der Waals surface area contributed by atoms with Gasteiger partial charge >= 0.3 is 5.97 Å². The van der Waals surface area contributed by atoms with Crippen LogP contribution in [0.4, 0.5) is 14.5 Å². The summed E-state index contributed by atoms with van der Waals surface area (Å²) >= 11 is 6.61. The molecule has 3 N–H and O–H groups in total. The number of carbonyl (C=O) groups is 1. The molecule has 2 aromatic rings. The van der Waals surface area contributed by atoms with Crippen LogP contribution < -0.4 is 16.1 Å². The summed E-state index contributed by atoms with van der Waals surface area (Å²) in [7, 11) is 0. The molecule has 156 valence electrons. The SMILES string of the molecule is N[C@@]12C=CC=C[C@@H]1CN(c1c(F)cc3c(=O)c(C(=O)O)cn([C@H]4C[C@H]4F)c3c1Cl)C2. The third-order valence-electron chi connectivity index (χ3n) is 6.20. The molecule has 9 heteroatoms. The Hall–Kier alpha value is -2.71. The Morgan fingerprint density at radius 2 is 2.10 bits per heavy atom. The summed E-state index contributed by atoms with van der Waals surface area (Å²) in [5.41, 5.74) is 4.62. The number of carboxylic acids is 1. The van der Waals surface area contributed by atoms with Crippen LogP contribution in [0, 0.1) is 11.7 Å². The quantitative estimate of drug-likeness (QED) is 0.776. The molecular weight excluding hydrogens is 416 g/mol. The molecule has 0 amide bonds. The second-order valence-electron chi connectivity index (χ2n) is 8.16. The minimum absolute atomic E-state index is 0.0381. The van der Waals surface area contributed by atoms with Crippen molar-refractivity contribution in [1.82, 2.24) is 4.57 Å². The van der Waals surface area contributed by atoms with Gasteiger partial charge < -0.3 is 20.3 Å². The highest BCUT2D eigenvalue weighted by molar-refractivity contribution is 6.38. The number of carboxylic acid groups (broad SMARTS) is 1. The number of halogens is 3. The number of aromatic carboxylic acids is 1. The normalized spacial score (nSPS) is 29.5. The number of aromatic nitrogens is 1. The van der Waals surface area contributed by atoms with Crippen LogP contribution in [0.25, 0.3) is 10.9 Å². The van der Waals surface area contributed by atoms with Gasteiger partial charge in [0.25, 0.3) is 0 Å². The fraction of sp³-hybridized carbons (Fsp3) is 0.333. The van der Waals surface area contributed by atoms with E-state index in [9.17, 15) is 19.1 Å². The Balaban J connectivity index is 1.73. The maximum Gasteiger partial charge on any atom is 0.341 e. The van der Waals surface area contributed by atoms with Gasteiger partial charge in [0.05, 0.1) is 33.2 Å². The zero-order chi connectivity index (χ0) is 21.4. The maximum absolute atomic E-state index is 15.2. The van der Waals surface area contributed by atoms with Crippen LogP contribution in [0.5, 0.6) is 0 Å². The van der Waals surface area contributed by atoms with Crippen LogP contribution in [0.1, 0.15) is 22.8 Å². The average molecular weight is 434 g/mol. The predicted octanol–water partition coefficient (Wildman–Crippen LogP) is 3.03. The molecule has 0 unspecified atom stereocenters. The molecule has 5 rings (SSSR count). The number of alkyl halides is 1. The van der Waals surface area contributed by atoms with E-state index in [0.717, 1.165) is 12.3 Å². The number of fused-ring (bicyclic) bond motifs is 2. The van der Waals surface area contributed by atoms with E-state index in [0.29, 0.717) is 13.1 Å². The molecule has 1 saturated heterocycles. The van der Waals surface area contributed by atoms with Crippen LogP contribution in [0.3, 0.4) is 0 Å². The highest BCUT2D eigenvalue weighted by Gasteiger charge is 2.44. The van der Waals surface area contributed by atoms with Crippen molar-refractivity contribution in [2.24, 2.45) is 11.7 Å². The number of nitrogens with two attached hydrogens (primary N) is 1. The molecule has 1 aliphatic heterocycles. The van der Waals surface area contributed by atoms with Gasteiger partial charge in [-0.2, -0.15) is 0 Å². The molecule has 2 aliphatic carbocycles. The fourth-order valence-electron chi connectivity index (χ4n) is 4.51. The number of benzene rings is 1. The molecule has 2 heterocycles. The molecule has 0 radical (unpaired) electrons. The van der Waals surface area contributed by atoms with Crippen LogP contribution in [-0.4, -0.2) is 40.4 Å². The van der Waals surface area contributed by atoms with E-state index in [4.69, 9.17) is 17.3 Å². The van der Waals surface area contributed by atoms with Crippen LogP contribution in [0.15, 0.2) is 41.4 Å². The standard InChI is InChI=1S/C21H18ClF2N3O3/c22-16-17-11(19(28)12(20(29)30)8-27(17)15-6-13(15)23)5-14(24)18(16)26-7-10-3-1-2-4-21(10,25)9-26/h1-5,8,10,13,15H,6-7,9,25H2,(H,29,30)/t10-,13-,15+,21-/m1/s1. The van der Waals surface area contributed by atoms with Gasteiger partial charge in [0.2, 0.25) is 5.43 Å². The Kier molecular flexibility index (Phi) is 4.10. The molecule has 4 atom stereocenters. The lowest BCUT2D eigenvalue weighted by Crippen LogP contribution is -2.46. The first kappa shape index (κ1) is 19.3.